The third-order valence-corrected chi connectivity index (χ3v) is 3.78. The summed E-state index contributed by atoms with van der Waals surface area (Å²) in [6.45, 7) is 6.02. The topological polar surface area (TPSA) is 50.9 Å². The van der Waals surface area contributed by atoms with Gasteiger partial charge in [0.05, 0.1) is 12.1 Å². The Morgan fingerprint density at radius 2 is 2.00 bits per heavy atom. The molecule has 1 aromatic carbocycles. The fourth-order valence-electron chi connectivity index (χ4n) is 2.20. The van der Waals surface area contributed by atoms with E-state index < -0.39 is 6.10 Å². The fraction of sp³-hybridized carbons (Fsp3) is 0.467. The van der Waals surface area contributed by atoms with Gasteiger partial charge in [0.2, 0.25) is 0 Å². The largest absolute Gasteiger partial charge is 0.390 e. The maximum Gasteiger partial charge on any atom is 0.137 e. The summed E-state index contributed by atoms with van der Waals surface area (Å²) < 4.78 is 1.71. The van der Waals surface area contributed by atoms with Gasteiger partial charge in [-0.25, -0.2) is 9.67 Å². The van der Waals surface area contributed by atoms with Crippen LogP contribution in [0.5, 0.6) is 0 Å². The summed E-state index contributed by atoms with van der Waals surface area (Å²) in [5, 5.41) is 15.5. The molecular formula is C15H20ClN3O. The number of halogens is 1. The van der Waals surface area contributed by atoms with Crippen LogP contribution in [0.15, 0.2) is 36.9 Å². The average Bonchev–Trinajstić information content (AvgIpc) is 2.89. The monoisotopic (exact) mass is 293 g/mol. The molecule has 20 heavy (non-hydrogen) atoms. The highest BCUT2D eigenvalue weighted by atomic mass is 35.5. The molecule has 0 bridgehead atoms. The molecule has 0 amide bonds. The second-order valence-corrected chi connectivity index (χ2v) is 6.46. The molecule has 5 heteroatoms. The molecule has 1 heterocycles. The first-order valence-electron chi connectivity index (χ1n) is 6.65. The van der Waals surface area contributed by atoms with Crippen LogP contribution in [-0.4, -0.2) is 26.0 Å². The smallest absolute Gasteiger partial charge is 0.137 e. The summed E-state index contributed by atoms with van der Waals surface area (Å²) in [6, 6.07) is 7.48. The van der Waals surface area contributed by atoms with Crippen LogP contribution in [0.2, 0.25) is 5.02 Å². The van der Waals surface area contributed by atoms with Gasteiger partial charge in [0.1, 0.15) is 12.7 Å². The number of aliphatic hydroxyl groups excluding tert-OH is 1. The zero-order valence-corrected chi connectivity index (χ0v) is 12.7. The van der Waals surface area contributed by atoms with Crippen molar-refractivity contribution in [1.82, 2.24) is 14.8 Å². The van der Waals surface area contributed by atoms with E-state index in [4.69, 9.17) is 11.6 Å². The average molecular weight is 294 g/mol. The first kappa shape index (κ1) is 15.0. The minimum atomic E-state index is -0.555. The van der Waals surface area contributed by atoms with Gasteiger partial charge in [-0.1, -0.05) is 50.6 Å². The number of hydrogen-bond donors (Lipinski definition) is 1. The minimum absolute atomic E-state index is 0.197. The Kier molecular flexibility index (Phi) is 4.45. The molecule has 0 saturated carbocycles. The van der Waals surface area contributed by atoms with Crippen LogP contribution in [0.25, 0.3) is 0 Å². The standard InChI is InChI=1S/C15H20ClN3O/c1-15(2,3)14(20)13(19-10-17-9-18-19)8-11-6-4-5-7-12(11)16/h4-7,9-10,13-14,20H,8H2,1-3H3/t13-,14-/m1/s1. The van der Waals surface area contributed by atoms with Crippen molar-refractivity contribution in [2.45, 2.75) is 39.3 Å². The van der Waals surface area contributed by atoms with E-state index >= 15 is 0 Å². The number of benzene rings is 1. The predicted molar refractivity (Wildman–Crippen MR) is 79.7 cm³/mol. The van der Waals surface area contributed by atoms with E-state index in [1.807, 2.05) is 45.0 Å². The molecule has 0 aliphatic heterocycles. The molecule has 0 radical (unpaired) electrons. The number of aliphatic hydroxyl groups is 1. The van der Waals surface area contributed by atoms with Gasteiger partial charge in [-0.3, -0.25) is 0 Å². The normalized spacial score (nSPS) is 15.1. The molecular weight excluding hydrogens is 274 g/mol. The minimum Gasteiger partial charge on any atom is -0.390 e. The van der Waals surface area contributed by atoms with Gasteiger partial charge < -0.3 is 5.11 Å². The highest BCUT2D eigenvalue weighted by molar-refractivity contribution is 6.31. The molecule has 0 unspecified atom stereocenters. The van der Waals surface area contributed by atoms with Crippen LogP contribution < -0.4 is 0 Å². The van der Waals surface area contributed by atoms with E-state index in [-0.39, 0.29) is 11.5 Å². The van der Waals surface area contributed by atoms with Crippen LogP contribution in [0.4, 0.5) is 0 Å². The van der Waals surface area contributed by atoms with Crippen molar-refractivity contribution in [3.8, 4) is 0 Å². The Morgan fingerprint density at radius 3 is 2.55 bits per heavy atom. The van der Waals surface area contributed by atoms with Crippen LogP contribution in [0, 0.1) is 5.41 Å². The Labute approximate surface area is 124 Å². The summed E-state index contributed by atoms with van der Waals surface area (Å²) in [7, 11) is 0. The summed E-state index contributed by atoms with van der Waals surface area (Å²) in [6.07, 6.45) is 3.17. The van der Waals surface area contributed by atoms with Gasteiger partial charge in [0, 0.05) is 5.02 Å². The van der Waals surface area contributed by atoms with E-state index in [1.54, 1.807) is 11.0 Å². The third kappa shape index (κ3) is 3.38. The second-order valence-electron chi connectivity index (χ2n) is 6.05. The lowest BCUT2D eigenvalue weighted by atomic mass is 9.82. The summed E-state index contributed by atoms with van der Waals surface area (Å²) >= 11 is 6.22. The molecule has 108 valence electrons. The lowest BCUT2D eigenvalue weighted by Gasteiger charge is -2.33. The first-order chi connectivity index (χ1) is 9.39. The first-order valence-corrected chi connectivity index (χ1v) is 7.03. The van der Waals surface area contributed by atoms with E-state index in [1.165, 1.54) is 6.33 Å². The molecule has 0 aliphatic rings. The molecule has 1 N–H and O–H groups in total. The zero-order chi connectivity index (χ0) is 14.8. The van der Waals surface area contributed by atoms with Gasteiger partial charge in [0.15, 0.2) is 0 Å². The van der Waals surface area contributed by atoms with Gasteiger partial charge >= 0.3 is 0 Å². The molecule has 0 spiro atoms. The van der Waals surface area contributed by atoms with Crippen molar-refractivity contribution < 1.29 is 5.11 Å². The Bertz CT molecular complexity index is 548. The Morgan fingerprint density at radius 1 is 1.30 bits per heavy atom. The molecule has 2 rings (SSSR count). The quantitative estimate of drug-likeness (QED) is 0.942. The molecule has 0 saturated heterocycles. The lowest BCUT2D eigenvalue weighted by molar-refractivity contribution is 0.0124. The van der Waals surface area contributed by atoms with Crippen LogP contribution in [0.3, 0.4) is 0 Å². The number of hydrogen-bond acceptors (Lipinski definition) is 3. The molecule has 2 aromatic rings. The second kappa shape index (κ2) is 5.94. The summed E-state index contributed by atoms with van der Waals surface area (Å²) in [5.74, 6) is 0. The Balaban J connectivity index is 2.31. The third-order valence-electron chi connectivity index (χ3n) is 3.42. The SMILES string of the molecule is CC(C)(C)[C@H](O)[C@@H](Cc1ccccc1Cl)n1cncn1. The molecule has 1 aromatic heterocycles. The van der Waals surface area contributed by atoms with Crippen molar-refractivity contribution in [2.24, 2.45) is 5.41 Å². The fourth-order valence-corrected chi connectivity index (χ4v) is 2.42. The molecule has 4 nitrogen and oxygen atoms in total. The van der Waals surface area contributed by atoms with Gasteiger partial charge in [0.25, 0.3) is 0 Å². The molecule has 0 fully saturated rings. The van der Waals surface area contributed by atoms with Gasteiger partial charge in [-0.05, 0) is 23.5 Å². The van der Waals surface area contributed by atoms with E-state index in [0.29, 0.717) is 11.4 Å². The highest BCUT2D eigenvalue weighted by Crippen LogP contribution is 2.31. The molecule has 0 aliphatic carbocycles. The van der Waals surface area contributed by atoms with Crippen LogP contribution >= 0.6 is 11.6 Å². The van der Waals surface area contributed by atoms with Crippen LogP contribution in [0.1, 0.15) is 32.4 Å². The van der Waals surface area contributed by atoms with E-state index in [0.717, 1.165) is 5.56 Å². The lowest BCUT2D eigenvalue weighted by Crippen LogP contribution is -2.37. The van der Waals surface area contributed by atoms with Crippen molar-refractivity contribution in [3.63, 3.8) is 0 Å². The van der Waals surface area contributed by atoms with Crippen LogP contribution in [-0.2, 0) is 6.42 Å². The van der Waals surface area contributed by atoms with E-state index in [9.17, 15) is 5.11 Å². The summed E-state index contributed by atoms with van der Waals surface area (Å²) in [4.78, 5) is 3.98. The summed E-state index contributed by atoms with van der Waals surface area (Å²) in [5.41, 5.74) is 0.746. The van der Waals surface area contributed by atoms with Crippen molar-refractivity contribution in [3.05, 3.63) is 47.5 Å². The van der Waals surface area contributed by atoms with Crippen molar-refractivity contribution >= 4 is 11.6 Å². The number of aromatic nitrogens is 3. The maximum atomic E-state index is 10.6. The highest BCUT2D eigenvalue weighted by Gasteiger charge is 2.32. The number of rotatable bonds is 4. The Hall–Kier alpha value is -1.39. The number of nitrogens with zero attached hydrogens (tertiary/aromatic N) is 3. The zero-order valence-electron chi connectivity index (χ0n) is 12.0. The van der Waals surface area contributed by atoms with Gasteiger partial charge in [-0.15, -0.1) is 0 Å². The van der Waals surface area contributed by atoms with E-state index in [2.05, 4.69) is 10.1 Å². The maximum absolute atomic E-state index is 10.6. The van der Waals surface area contributed by atoms with Crippen molar-refractivity contribution in [2.75, 3.05) is 0 Å². The van der Waals surface area contributed by atoms with Crippen molar-refractivity contribution in [1.29, 1.82) is 0 Å². The van der Waals surface area contributed by atoms with Gasteiger partial charge in [-0.2, -0.15) is 5.10 Å². The predicted octanol–water partition coefficient (Wildman–Crippen LogP) is 3.12. The molecule has 2 atom stereocenters.